The highest BCUT2D eigenvalue weighted by Crippen LogP contribution is 2.01. The number of hydrogen-bond acceptors (Lipinski definition) is 4. The number of hydrogen-bond donors (Lipinski definition) is 1. The summed E-state index contributed by atoms with van der Waals surface area (Å²) >= 11 is 0. The predicted molar refractivity (Wildman–Crippen MR) is 66.9 cm³/mol. The van der Waals surface area contributed by atoms with E-state index < -0.39 is 0 Å². The van der Waals surface area contributed by atoms with Gasteiger partial charge < -0.3 is 10.1 Å². The standard InChI is InChI=1S/C13H20N2O2/c1-3-7-15-12(4-2)10-17-13(16)11-6-5-8-14-9-11/h5-6,8-9,12,15H,3-4,7,10H2,1-2H3. The molecule has 1 aromatic rings. The average Bonchev–Trinajstić information content (AvgIpc) is 2.39. The summed E-state index contributed by atoms with van der Waals surface area (Å²) in [4.78, 5) is 15.5. The molecule has 1 rings (SSSR count). The van der Waals surface area contributed by atoms with E-state index in [2.05, 4.69) is 24.1 Å². The minimum atomic E-state index is -0.310. The van der Waals surface area contributed by atoms with Crippen LogP contribution >= 0.6 is 0 Å². The Bertz CT molecular complexity index is 327. The lowest BCUT2D eigenvalue weighted by Gasteiger charge is -2.16. The second kappa shape index (κ2) is 7.79. The molecule has 1 atom stereocenters. The Balaban J connectivity index is 2.36. The van der Waals surface area contributed by atoms with Crippen LogP contribution in [-0.4, -0.2) is 30.1 Å². The first-order chi connectivity index (χ1) is 8.27. The molecule has 0 aliphatic rings. The fourth-order valence-corrected chi connectivity index (χ4v) is 1.41. The number of pyridine rings is 1. The molecule has 0 fully saturated rings. The summed E-state index contributed by atoms with van der Waals surface area (Å²) in [6.07, 6.45) is 5.17. The summed E-state index contributed by atoms with van der Waals surface area (Å²) < 4.78 is 5.24. The largest absolute Gasteiger partial charge is 0.460 e. The molecule has 0 radical (unpaired) electrons. The van der Waals surface area contributed by atoms with Crippen LogP contribution in [0.25, 0.3) is 0 Å². The Hall–Kier alpha value is -1.42. The van der Waals surface area contributed by atoms with E-state index in [1.165, 1.54) is 6.20 Å². The molecular formula is C13H20N2O2. The van der Waals surface area contributed by atoms with Gasteiger partial charge in [-0.3, -0.25) is 4.98 Å². The highest BCUT2D eigenvalue weighted by Gasteiger charge is 2.10. The Morgan fingerprint density at radius 1 is 1.53 bits per heavy atom. The van der Waals surface area contributed by atoms with Crippen LogP contribution in [-0.2, 0) is 4.74 Å². The van der Waals surface area contributed by atoms with Crippen LogP contribution in [0.2, 0.25) is 0 Å². The van der Waals surface area contributed by atoms with Gasteiger partial charge in [-0.05, 0) is 31.5 Å². The van der Waals surface area contributed by atoms with Crippen molar-refractivity contribution in [2.45, 2.75) is 32.7 Å². The molecule has 94 valence electrons. The van der Waals surface area contributed by atoms with Crippen molar-refractivity contribution in [3.63, 3.8) is 0 Å². The van der Waals surface area contributed by atoms with E-state index in [-0.39, 0.29) is 12.0 Å². The number of carbonyl (C=O) groups excluding carboxylic acids is 1. The first-order valence-corrected chi connectivity index (χ1v) is 6.08. The fraction of sp³-hybridized carbons (Fsp3) is 0.538. The number of carbonyl (C=O) groups is 1. The Labute approximate surface area is 102 Å². The molecule has 0 bridgehead atoms. The minimum Gasteiger partial charge on any atom is -0.460 e. The van der Waals surface area contributed by atoms with Crippen molar-refractivity contribution in [1.29, 1.82) is 0 Å². The first kappa shape index (κ1) is 13.6. The molecular weight excluding hydrogens is 216 g/mol. The molecule has 0 aliphatic heterocycles. The third-order valence-corrected chi connectivity index (χ3v) is 2.49. The number of nitrogens with zero attached hydrogens (tertiary/aromatic N) is 1. The van der Waals surface area contributed by atoms with E-state index in [0.717, 1.165) is 19.4 Å². The van der Waals surface area contributed by atoms with Gasteiger partial charge in [-0.2, -0.15) is 0 Å². The monoisotopic (exact) mass is 236 g/mol. The van der Waals surface area contributed by atoms with Gasteiger partial charge in [-0.15, -0.1) is 0 Å². The van der Waals surface area contributed by atoms with Gasteiger partial charge in [0.05, 0.1) is 5.56 Å². The maximum absolute atomic E-state index is 11.6. The summed E-state index contributed by atoms with van der Waals surface area (Å²) in [7, 11) is 0. The molecule has 17 heavy (non-hydrogen) atoms. The van der Waals surface area contributed by atoms with Gasteiger partial charge in [0, 0.05) is 18.4 Å². The Morgan fingerprint density at radius 3 is 2.94 bits per heavy atom. The summed E-state index contributed by atoms with van der Waals surface area (Å²) in [6.45, 7) is 5.54. The number of nitrogens with one attached hydrogen (secondary N) is 1. The molecule has 0 amide bonds. The van der Waals surface area contributed by atoms with Crippen LogP contribution in [0, 0.1) is 0 Å². The van der Waals surface area contributed by atoms with E-state index >= 15 is 0 Å². The number of ether oxygens (including phenoxy) is 1. The number of esters is 1. The van der Waals surface area contributed by atoms with Gasteiger partial charge in [0.2, 0.25) is 0 Å². The topological polar surface area (TPSA) is 51.2 Å². The molecule has 1 heterocycles. The molecule has 0 spiro atoms. The van der Waals surface area contributed by atoms with Gasteiger partial charge in [0.15, 0.2) is 0 Å². The Morgan fingerprint density at radius 2 is 2.35 bits per heavy atom. The van der Waals surface area contributed by atoms with Crippen LogP contribution < -0.4 is 5.32 Å². The summed E-state index contributed by atoms with van der Waals surface area (Å²) in [5.74, 6) is -0.310. The molecule has 4 nitrogen and oxygen atoms in total. The third-order valence-electron chi connectivity index (χ3n) is 2.49. The van der Waals surface area contributed by atoms with Gasteiger partial charge >= 0.3 is 5.97 Å². The van der Waals surface area contributed by atoms with Crippen molar-refractivity contribution in [2.24, 2.45) is 0 Å². The molecule has 4 heteroatoms. The SMILES string of the molecule is CCCNC(CC)COC(=O)c1cccnc1. The molecule has 0 saturated heterocycles. The summed E-state index contributed by atoms with van der Waals surface area (Å²) in [6, 6.07) is 3.66. The van der Waals surface area contributed by atoms with E-state index in [4.69, 9.17) is 4.74 Å². The highest BCUT2D eigenvalue weighted by molar-refractivity contribution is 5.88. The lowest BCUT2D eigenvalue weighted by Crippen LogP contribution is -2.34. The number of aromatic nitrogens is 1. The van der Waals surface area contributed by atoms with Crippen LogP contribution in [0.15, 0.2) is 24.5 Å². The second-order valence-corrected chi connectivity index (χ2v) is 3.90. The lowest BCUT2D eigenvalue weighted by molar-refractivity contribution is 0.0462. The zero-order chi connectivity index (χ0) is 12.5. The smallest absolute Gasteiger partial charge is 0.339 e. The van der Waals surface area contributed by atoms with E-state index in [1.54, 1.807) is 18.3 Å². The van der Waals surface area contributed by atoms with Crippen molar-refractivity contribution < 1.29 is 9.53 Å². The van der Waals surface area contributed by atoms with E-state index in [9.17, 15) is 4.79 Å². The van der Waals surface area contributed by atoms with E-state index in [0.29, 0.717) is 12.2 Å². The number of rotatable bonds is 7. The van der Waals surface area contributed by atoms with Gasteiger partial charge in [-0.25, -0.2) is 4.79 Å². The fourth-order valence-electron chi connectivity index (χ4n) is 1.41. The predicted octanol–water partition coefficient (Wildman–Crippen LogP) is 2.02. The maximum atomic E-state index is 11.6. The van der Waals surface area contributed by atoms with Gasteiger partial charge in [0.25, 0.3) is 0 Å². The van der Waals surface area contributed by atoms with E-state index in [1.807, 2.05) is 0 Å². The Kier molecular flexibility index (Phi) is 6.25. The zero-order valence-electron chi connectivity index (χ0n) is 10.5. The molecule has 0 aliphatic carbocycles. The van der Waals surface area contributed by atoms with Crippen molar-refractivity contribution in [1.82, 2.24) is 10.3 Å². The van der Waals surface area contributed by atoms with Crippen molar-refractivity contribution in [3.8, 4) is 0 Å². The molecule has 1 aromatic heterocycles. The van der Waals surface area contributed by atoms with Gasteiger partial charge in [0.1, 0.15) is 6.61 Å². The van der Waals surface area contributed by atoms with Crippen molar-refractivity contribution in [3.05, 3.63) is 30.1 Å². The zero-order valence-corrected chi connectivity index (χ0v) is 10.5. The van der Waals surface area contributed by atoms with Crippen LogP contribution in [0.3, 0.4) is 0 Å². The molecule has 1 N–H and O–H groups in total. The average molecular weight is 236 g/mol. The molecule has 0 saturated carbocycles. The van der Waals surface area contributed by atoms with Crippen molar-refractivity contribution >= 4 is 5.97 Å². The maximum Gasteiger partial charge on any atom is 0.339 e. The minimum absolute atomic E-state index is 0.232. The summed E-state index contributed by atoms with van der Waals surface area (Å²) in [5.41, 5.74) is 0.498. The summed E-state index contributed by atoms with van der Waals surface area (Å²) in [5, 5.41) is 3.33. The lowest BCUT2D eigenvalue weighted by atomic mass is 10.2. The normalized spacial score (nSPS) is 12.1. The molecule has 1 unspecified atom stereocenters. The second-order valence-electron chi connectivity index (χ2n) is 3.90. The third kappa shape index (κ3) is 4.95. The first-order valence-electron chi connectivity index (χ1n) is 6.08. The van der Waals surface area contributed by atoms with Gasteiger partial charge in [-0.1, -0.05) is 13.8 Å². The quantitative estimate of drug-likeness (QED) is 0.736. The molecule has 0 aromatic carbocycles. The van der Waals surface area contributed by atoms with Crippen LogP contribution in [0.1, 0.15) is 37.0 Å². The van der Waals surface area contributed by atoms with Crippen LogP contribution in [0.5, 0.6) is 0 Å². The van der Waals surface area contributed by atoms with Crippen LogP contribution in [0.4, 0.5) is 0 Å². The van der Waals surface area contributed by atoms with Crippen molar-refractivity contribution in [2.75, 3.05) is 13.2 Å². The highest BCUT2D eigenvalue weighted by atomic mass is 16.5.